The number of aromatic hydroxyl groups is 1. The zero-order valence-corrected chi connectivity index (χ0v) is 11.8. The van der Waals surface area contributed by atoms with Crippen LogP contribution in [0.5, 0.6) is 5.75 Å². The van der Waals surface area contributed by atoms with Crippen LogP contribution in [0.1, 0.15) is 11.3 Å². The molecule has 114 valence electrons. The van der Waals surface area contributed by atoms with Crippen molar-refractivity contribution < 1.29 is 18.3 Å². The number of alkyl halides is 3. The van der Waals surface area contributed by atoms with Gasteiger partial charge in [0.15, 0.2) is 5.65 Å². The number of phenols is 1. The van der Waals surface area contributed by atoms with Crippen LogP contribution < -0.4 is 0 Å². The molecule has 4 nitrogen and oxygen atoms in total. The number of nitrogens with zero attached hydrogens (tertiary/aromatic N) is 3. The Balaban J connectivity index is 2.34. The van der Waals surface area contributed by atoms with Gasteiger partial charge in [0.1, 0.15) is 5.75 Å². The second kappa shape index (κ2) is 4.72. The molecule has 0 spiro atoms. The number of phenolic OH excluding ortho intramolecular Hbond substituents is 1. The molecular weight excluding hydrogens is 295 g/mol. The zero-order chi connectivity index (χ0) is 16.1. The predicted octanol–water partition coefficient (Wildman–Crippen LogP) is 3.67. The summed E-state index contributed by atoms with van der Waals surface area (Å²) in [6.45, 7) is 1.53. The molecule has 0 bridgehead atoms. The maximum absolute atomic E-state index is 13.4. The molecule has 1 N–H and O–H groups in total. The van der Waals surface area contributed by atoms with E-state index in [2.05, 4.69) is 10.1 Å². The molecule has 2 heterocycles. The third-order valence-electron chi connectivity index (χ3n) is 3.44. The normalized spacial score (nSPS) is 12.0. The smallest absolute Gasteiger partial charge is 0.417 e. The highest BCUT2D eigenvalue weighted by Crippen LogP contribution is 2.38. The number of hydrogen-bond donors (Lipinski definition) is 1. The summed E-state index contributed by atoms with van der Waals surface area (Å²) in [6, 6.07) is 6.87. The van der Waals surface area contributed by atoms with Crippen LogP contribution in [0.2, 0.25) is 0 Å². The van der Waals surface area contributed by atoms with Crippen LogP contribution >= 0.6 is 0 Å². The number of hydrogen-bond acceptors (Lipinski definition) is 3. The van der Waals surface area contributed by atoms with Crippen molar-refractivity contribution >= 4 is 11.0 Å². The van der Waals surface area contributed by atoms with Crippen LogP contribution in [-0.2, 0) is 13.2 Å². The highest BCUT2D eigenvalue weighted by atomic mass is 19.4. The summed E-state index contributed by atoms with van der Waals surface area (Å²) in [7, 11) is 1.56. The fourth-order valence-electron chi connectivity index (χ4n) is 2.45. The molecule has 7 heteroatoms. The highest BCUT2D eigenvalue weighted by Gasteiger charge is 2.35. The minimum absolute atomic E-state index is 0.0116. The summed E-state index contributed by atoms with van der Waals surface area (Å²) in [4.78, 5) is 4.29. The monoisotopic (exact) mass is 307 g/mol. The van der Waals surface area contributed by atoms with Crippen molar-refractivity contribution in [3.05, 3.63) is 41.6 Å². The molecule has 0 aliphatic rings. The molecule has 0 saturated heterocycles. The Morgan fingerprint density at radius 2 is 1.77 bits per heavy atom. The van der Waals surface area contributed by atoms with Crippen molar-refractivity contribution in [1.82, 2.24) is 14.8 Å². The van der Waals surface area contributed by atoms with Crippen molar-refractivity contribution in [1.29, 1.82) is 0 Å². The third kappa shape index (κ3) is 2.28. The Bertz CT molecular complexity index is 851. The molecule has 2 aromatic heterocycles. The Labute approximate surface area is 123 Å². The van der Waals surface area contributed by atoms with E-state index in [0.717, 1.165) is 6.07 Å². The lowest BCUT2D eigenvalue weighted by molar-refractivity contribution is -0.136. The molecule has 0 aliphatic carbocycles. The lowest BCUT2D eigenvalue weighted by atomic mass is 10.1. The first-order valence-electron chi connectivity index (χ1n) is 6.48. The Morgan fingerprint density at radius 3 is 2.36 bits per heavy atom. The molecule has 3 rings (SSSR count). The Kier molecular flexibility index (Phi) is 3.09. The van der Waals surface area contributed by atoms with Crippen molar-refractivity contribution in [2.45, 2.75) is 13.1 Å². The quantitative estimate of drug-likeness (QED) is 0.746. The zero-order valence-electron chi connectivity index (χ0n) is 11.8. The summed E-state index contributed by atoms with van der Waals surface area (Å²) in [5.74, 6) is 0.0391. The lowest BCUT2D eigenvalue weighted by Gasteiger charge is -2.11. The molecule has 0 saturated carbocycles. The van der Waals surface area contributed by atoms with Crippen LogP contribution in [0, 0.1) is 6.92 Å². The van der Waals surface area contributed by atoms with E-state index in [9.17, 15) is 18.3 Å². The summed E-state index contributed by atoms with van der Waals surface area (Å²) < 4.78 is 41.4. The lowest BCUT2D eigenvalue weighted by Crippen LogP contribution is -2.07. The van der Waals surface area contributed by atoms with E-state index in [-0.39, 0.29) is 28.2 Å². The third-order valence-corrected chi connectivity index (χ3v) is 3.44. The molecule has 0 radical (unpaired) electrons. The number of pyridine rings is 1. The Hall–Kier alpha value is -2.57. The van der Waals surface area contributed by atoms with Gasteiger partial charge in [0.05, 0.1) is 22.3 Å². The summed E-state index contributed by atoms with van der Waals surface area (Å²) in [6.07, 6.45) is -4.50. The van der Waals surface area contributed by atoms with Crippen LogP contribution in [0.15, 0.2) is 30.3 Å². The SMILES string of the molecule is Cc1nn(C)c2nc(-c3ccc(O)cc3)cc(C(F)(F)F)c12. The second-order valence-corrected chi connectivity index (χ2v) is 5.01. The fourth-order valence-corrected chi connectivity index (χ4v) is 2.45. The van der Waals surface area contributed by atoms with Crippen molar-refractivity contribution in [2.24, 2.45) is 7.05 Å². The number of fused-ring (bicyclic) bond motifs is 1. The van der Waals surface area contributed by atoms with Crippen LogP contribution in [0.25, 0.3) is 22.3 Å². The maximum atomic E-state index is 13.4. The standard InChI is InChI=1S/C15H12F3N3O/c1-8-13-11(15(16,17)18)7-12(19-14(13)21(2)20-8)9-3-5-10(22)6-4-9/h3-7,22H,1-2H3. The van der Waals surface area contributed by atoms with E-state index in [4.69, 9.17) is 0 Å². The van der Waals surface area contributed by atoms with Gasteiger partial charge in [-0.25, -0.2) is 4.98 Å². The molecular formula is C15H12F3N3O. The van der Waals surface area contributed by atoms with E-state index >= 15 is 0 Å². The molecule has 22 heavy (non-hydrogen) atoms. The number of aromatic nitrogens is 3. The topological polar surface area (TPSA) is 50.9 Å². The van der Waals surface area contributed by atoms with Crippen LogP contribution in [0.3, 0.4) is 0 Å². The maximum Gasteiger partial charge on any atom is 0.417 e. The molecule has 1 aromatic carbocycles. The number of rotatable bonds is 1. The van der Waals surface area contributed by atoms with Crippen molar-refractivity contribution in [3.63, 3.8) is 0 Å². The van der Waals surface area contributed by atoms with Crippen molar-refractivity contribution in [3.8, 4) is 17.0 Å². The van der Waals surface area contributed by atoms with Gasteiger partial charge in [0.2, 0.25) is 0 Å². The van der Waals surface area contributed by atoms with Gasteiger partial charge in [-0.3, -0.25) is 4.68 Å². The minimum atomic E-state index is -4.50. The highest BCUT2D eigenvalue weighted by molar-refractivity contribution is 5.85. The number of aryl methyl sites for hydroxylation is 2. The van der Waals surface area contributed by atoms with E-state index in [1.165, 1.54) is 35.9 Å². The molecule has 0 unspecified atom stereocenters. The van der Waals surface area contributed by atoms with Crippen molar-refractivity contribution in [2.75, 3.05) is 0 Å². The van der Waals surface area contributed by atoms with Crippen LogP contribution in [-0.4, -0.2) is 19.9 Å². The number of benzene rings is 1. The molecule has 0 fully saturated rings. The average molecular weight is 307 g/mol. The first-order valence-corrected chi connectivity index (χ1v) is 6.48. The van der Waals surface area contributed by atoms with E-state index in [0.29, 0.717) is 5.56 Å². The fraction of sp³-hybridized carbons (Fsp3) is 0.200. The molecule has 3 aromatic rings. The van der Waals surface area contributed by atoms with Gasteiger partial charge in [0, 0.05) is 12.6 Å². The molecule has 0 atom stereocenters. The molecule has 0 amide bonds. The van der Waals surface area contributed by atoms with Gasteiger partial charge in [-0.1, -0.05) is 0 Å². The van der Waals surface area contributed by atoms with Gasteiger partial charge in [-0.05, 0) is 37.3 Å². The molecule has 0 aliphatic heterocycles. The average Bonchev–Trinajstić information content (AvgIpc) is 2.73. The Morgan fingerprint density at radius 1 is 1.14 bits per heavy atom. The van der Waals surface area contributed by atoms with Gasteiger partial charge in [0.25, 0.3) is 0 Å². The number of halogens is 3. The van der Waals surface area contributed by atoms with E-state index in [1.807, 2.05) is 0 Å². The minimum Gasteiger partial charge on any atom is -0.508 e. The van der Waals surface area contributed by atoms with Crippen LogP contribution in [0.4, 0.5) is 13.2 Å². The first-order chi connectivity index (χ1) is 10.3. The van der Waals surface area contributed by atoms with Gasteiger partial charge < -0.3 is 5.11 Å². The summed E-state index contributed by atoms with van der Waals surface area (Å²) in [5.41, 5.74) is 0.378. The summed E-state index contributed by atoms with van der Waals surface area (Å²) in [5, 5.41) is 13.3. The van der Waals surface area contributed by atoms with E-state index < -0.39 is 11.7 Å². The van der Waals surface area contributed by atoms with Gasteiger partial charge in [-0.2, -0.15) is 18.3 Å². The van der Waals surface area contributed by atoms with Gasteiger partial charge >= 0.3 is 6.18 Å². The largest absolute Gasteiger partial charge is 0.508 e. The first kappa shape index (κ1) is 14.4. The second-order valence-electron chi connectivity index (χ2n) is 5.01. The predicted molar refractivity (Wildman–Crippen MR) is 75.3 cm³/mol. The van der Waals surface area contributed by atoms with Gasteiger partial charge in [-0.15, -0.1) is 0 Å². The summed E-state index contributed by atoms with van der Waals surface area (Å²) >= 11 is 0. The van der Waals surface area contributed by atoms with E-state index in [1.54, 1.807) is 7.05 Å².